The summed E-state index contributed by atoms with van der Waals surface area (Å²) < 4.78 is 13.5. The zero-order chi connectivity index (χ0) is 24.9. The fraction of sp³-hybridized carbons (Fsp3) is 0. The van der Waals surface area contributed by atoms with Crippen molar-refractivity contribution in [1.29, 1.82) is 0 Å². The van der Waals surface area contributed by atoms with Gasteiger partial charge in [-0.2, -0.15) is 23.3 Å². The van der Waals surface area contributed by atoms with Gasteiger partial charge in [0.1, 0.15) is 0 Å². The molecule has 0 spiro atoms. The van der Waals surface area contributed by atoms with Crippen molar-refractivity contribution in [2.75, 3.05) is 0 Å². The SMILES string of the molecule is [Pt].[c-]1ncccc1Oc1[c-]c(Oc2[c-]c(-n3cc(-c4ccc(-c5ccccc5)cc4)cn3)ccc2)ccc1. The maximum absolute atomic E-state index is 6.01. The molecule has 0 fully saturated rings. The molecular weight excluding hydrogens is 653 g/mol. The molecular formula is C32H20N3O2Pt-3. The number of benzene rings is 4. The van der Waals surface area contributed by atoms with E-state index >= 15 is 0 Å². The molecule has 38 heavy (non-hydrogen) atoms. The fourth-order valence-corrected chi connectivity index (χ4v) is 3.87. The molecule has 5 nitrogen and oxygen atoms in total. The van der Waals surface area contributed by atoms with Crippen molar-refractivity contribution in [3.8, 4) is 50.9 Å². The molecule has 188 valence electrons. The van der Waals surface area contributed by atoms with Gasteiger partial charge in [-0.15, -0.1) is 36.4 Å². The first kappa shape index (κ1) is 25.2. The monoisotopic (exact) mass is 673 g/mol. The standard InChI is InChI=1S/C32H20N3O2.Pt/c1-2-7-24(8-3-1)25-14-16-26(17-15-25)27-21-34-35(23-27)28-9-4-10-29(19-28)36-30-11-5-12-31(20-30)37-32-13-6-18-33-22-32;/h1-18,21,23H;/q-3;. The molecule has 0 radical (unpaired) electrons. The Kier molecular flexibility index (Phi) is 7.77. The van der Waals surface area contributed by atoms with Crippen LogP contribution in [0.15, 0.2) is 122 Å². The van der Waals surface area contributed by atoms with Gasteiger partial charge in [0.15, 0.2) is 0 Å². The maximum Gasteiger partial charge on any atom is 0.0571 e. The van der Waals surface area contributed by atoms with Crippen molar-refractivity contribution in [2.24, 2.45) is 0 Å². The van der Waals surface area contributed by atoms with Crippen LogP contribution in [-0.4, -0.2) is 14.8 Å². The zero-order valence-electron chi connectivity index (χ0n) is 20.0. The number of rotatable bonds is 7. The molecule has 0 unspecified atom stereocenters. The first-order valence-electron chi connectivity index (χ1n) is 11.7. The number of hydrogen-bond acceptors (Lipinski definition) is 4. The van der Waals surface area contributed by atoms with Gasteiger partial charge in [0.25, 0.3) is 0 Å². The van der Waals surface area contributed by atoms with Gasteiger partial charge in [-0.25, -0.2) is 0 Å². The van der Waals surface area contributed by atoms with E-state index in [4.69, 9.17) is 9.47 Å². The number of pyridine rings is 1. The van der Waals surface area contributed by atoms with Crippen LogP contribution in [0, 0.1) is 18.3 Å². The van der Waals surface area contributed by atoms with Crippen LogP contribution in [0.2, 0.25) is 0 Å². The van der Waals surface area contributed by atoms with Crippen LogP contribution < -0.4 is 9.47 Å². The quantitative estimate of drug-likeness (QED) is 0.164. The molecule has 6 heteroatoms. The first-order chi connectivity index (χ1) is 18.3. The summed E-state index contributed by atoms with van der Waals surface area (Å²) in [5.74, 6) is 2.07. The average molecular weight is 674 g/mol. The molecule has 0 saturated heterocycles. The Hall–Kier alpha value is -4.47. The molecule has 0 saturated carbocycles. The van der Waals surface area contributed by atoms with Gasteiger partial charge in [-0.1, -0.05) is 66.9 Å². The maximum atomic E-state index is 6.01. The van der Waals surface area contributed by atoms with Gasteiger partial charge in [-0.05, 0) is 28.6 Å². The minimum Gasteiger partial charge on any atom is -0.509 e. The summed E-state index contributed by atoms with van der Waals surface area (Å²) in [5.41, 5.74) is 5.25. The van der Waals surface area contributed by atoms with Gasteiger partial charge >= 0.3 is 0 Å². The van der Waals surface area contributed by atoms with E-state index in [0.29, 0.717) is 23.0 Å². The second-order valence-electron chi connectivity index (χ2n) is 8.21. The predicted octanol–water partition coefficient (Wildman–Crippen LogP) is 7.58. The Balaban J connectivity index is 0.00000294. The Bertz CT molecular complexity index is 1620. The number of hydrogen-bond donors (Lipinski definition) is 0. The predicted molar refractivity (Wildman–Crippen MR) is 142 cm³/mol. The Labute approximate surface area is 235 Å². The van der Waals surface area contributed by atoms with Crippen molar-refractivity contribution in [3.05, 3.63) is 140 Å². The van der Waals surface area contributed by atoms with Crippen LogP contribution in [-0.2, 0) is 21.1 Å². The summed E-state index contributed by atoms with van der Waals surface area (Å²) in [6.45, 7) is 0. The molecule has 4 aromatic carbocycles. The van der Waals surface area contributed by atoms with E-state index in [2.05, 4.69) is 64.8 Å². The van der Waals surface area contributed by atoms with Crippen molar-refractivity contribution in [1.82, 2.24) is 14.8 Å². The summed E-state index contributed by atoms with van der Waals surface area (Å²) in [6, 6.07) is 39.9. The Morgan fingerprint density at radius 1 is 0.553 bits per heavy atom. The smallest absolute Gasteiger partial charge is 0.0571 e. The van der Waals surface area contributed by atoms with Crippen molar-refractivity contribution >= 4 is 0 Å². The molecule has 6 aromatic rings. The summed E-state index contributed by atoms with van der Waals surface area (Å²) in [7, 11) is 0. The van der Waals surface area contributed by atoms with E-state index in [1.165, 1.54) is 11.1 Å². The molecule has 0 bridgehead atoms. The summed E-state index contributed by atoms with van der Waals surface area (Å²) in [6.07, 6.45) is 8.26. The van der Waals surface area contributed by atoms with Crippen molar-refractivity contribution < 1.29 is 30.5 Å². The van der Waals surface area contributed by atoms with Crippen molar-refractivity contribution in [2.45, 2.75) is 0 Å². The van der Waals surface area contributed by atoms with Gasteiger partial charge in [0, 0.05) is 55.8 Å². The largest absolute Gasteiger partial charge is 0.509 e. The minimum atomic E-state index is 0. The Morgan fingerprint density at radius 3 is 1.87 bits per heavy atom. The summed E-state index contributed by atoms with van der Waals surface area (Å²) in [5, 5.41) is 4.55. The van der Waals surface area contributed by atoms with Crippen LogP contribution in [0.25, 0.3) is 27.9 Å². The number of aromatic nitrogens is 3. The van der Waals surface area contributed by atoms with E-state index in [1.54, 1.807) is 29.1 Å². The molecule has 0 aliphatic carbocycles. The van der Waals surface area contributed by atoms with E-state index in [0.717, 1.165) is 16.8 Å². The normalized spacial score (nSPS) is 10.4. The van der Waals surface area contributed by atoms with Gasteiger partial charge in [0.2, 0.25) is 0 Å². The van der Waals surface area contributed by atoms with Gasteiger partial charge in [-0.3, -0.25) is 4.68 Å². The number of nitrogens with zero attached hydrogens (tertiary/aromatic N) is 3. The second kappa shape index (κ2) is 11.7. The van der Waals surface area contributed by atoms with Gasteiger partial charge in [0.05, 0.1) is 6.20 Å². The van der Waals surface area contributed by atoms with Crippen LogP contribution in [0.3, 0.4) is 0 Å². The van der Waals surface area contributed by atoms with Gasteiger partial charge < -0.3 is 14.5 Å². The van der Waals surface area contributed by atoms with Crippen LogP contribution >= 0.6 is 0 Å². The van der Waals surface area contributed by atoms with E-state index in [-0.39, 0.29) is 21.1 Å². The average Bonchev–Trinajstić information content (AvgIpc) is 3.45. The van der Waals surface area contributed by atoms with Crippen LogP contribution in [0.4, 0.5) is 0 Å². The minimum absolute atomic E-state index is 0. The topological polar surface area (TPSA) is 49.2 Å². The third kappa shape index (κ3) is 5.91. The first-order valence-corrected chi connectivity index (χ1v) is 11.7. The van der Waals surface area contributed by atoms with E-state index < -0.39 is 0 Å². The Morgan fingerprint density at radius 2 is 1.16 bits per heavy atom. The molecule has 2 heterocycles. The van der Waals surface area contributed by atoms with Crippen molar-refractivity contribution in [3.63, 3.8) is 0 Å². The van der Waals surface area contributed by atoms with E-state index in [9.17, 15) is 0 Å². The molecule has 6 rings (SSSR count). The summed E-state index contributed by atoms with van der Waals surface area (Å²) in [4.78, 5) is 3.94. The fourth-order valence-electron chi connectivity index (χ4n) is 3.87. The zero-order valence-corrected chi connectivity index (χ0v) is 22.3. The molecule has 0 aliphatic heterocycles. The number of ether oxygens (including phenoxy) is 2. The second-order valence-corrected chi connectivity index (χ2v) is 8.21. The molecule has 0 amide bonds. The molecule has 0 atom stereocenters. The molecule has 0 N–H and O–H groups in total. The molecule has 0 aliphatic rings. The van der Waals surface area contributed by atoms with E-state index in [1.807, 2.05) is 60.9 Å². The van der Waals surface area contributed by atoms with Crippen LogP contribution in [0.1, 0.15) is 0 Å². The third-order valence-electron chi connectivity index (χ3n) is 5.67. The third-order valence-corrected chi connectivity index (χ3v) is 5.67. The molecule has 2 aromatic heterocycles. The summed E-state index contributed by atoms with van der Waals surface area (Å²) >= 11 is 0. The van der Waals surface area contributed by atoms with Crippen LogP contribution in [0.5, 0.6) is 23.0 Å².